The maximum atomic E-state index is 11.9. The van der Waals surface area contributed by atoms with Crippen molar-refractivity contribution in [2.75, 3.05) is 5.75 Å². The zero-order valence-electron chi connectivity index (χ0n) is 14.1. The maximum absolute atomic E-state index is 11.9. The quantitative estimate of drug-likeness (QED) is 0.552. The second-order valence-electron chi connectivity index (χ2n) is 5.73. The summed E-state index contributed by atoms with van der Waals surface area (Å²) in [4.78, 5) is 11.9. The molecule has 2 aromatic rings. The number of carbonyl (C=O) groups excluding carboxylic acids is 1. The van der Waals surface area contributed by atoms with Gasteiger partial charge in [0.1, 0.15) is 0 Å². The maximum Gasteiger partial charge on any atom is 0.250 e. The Balaban J connectivity index is 1.80. The van der Waals surface area contributed by atoms with E-state index in [1.165, 1.54) is 16.7 Å². The summed E-state index contributed by atoms with van der Waals surface area (Å²) in [5.74, 6) is 1.14. The van der Waals surface area contributed by atoms with Gasteiger partial charge in [-0.25, -0.2) is 5.43 Å². The molecule has 0 heterocycles. The largest absolute Gasteiger partial charge is 0.272 e. The summed E-state index contributed by atoms with van der Waals surface area (Å²) in [6.45, 7) is 6.06. The summed E-state index contributed by atoms with van der Waals surface area (Å²) in [5, 5.41) is 4.17. The number of benzene rings is 2. The predicted octanol–water partition coefficient (Wildman–Crippen LogP) is 4.84. The van der Waals surface area contributed by atoms with E-state index in [1.54, 1.807) is 11.8 Å². The Morgan fingerprint density at radius 3 is 2.38 bits per heavy atom. The number of nitrogens with one attached hydrogen (secondary N) is 1. The molecule has 2 aromatic carbocycles. The minimum absolute atomic E-state index is 0.0826. The Morgan fingerprint density at radius 2 is 1.75 bits per heavy atom. The van der Waals surface area contributed by atoms with Crippen LogP contribution in [0.5, 0.6) is 0 Å². The minimum atomic E-state index is -0.0826. The first-order valence-electron chi connectivity index (χ1n) is 7.68. The molecule has 0 saturated carbocycles. The van der Waals surface area contributed by atoms with Crippen LogP contribution in [0.1, 0.15) is 29.2 Å². The van der Waals surface area contributed by atoms with E-state index in [4.69, 9.17) is 0 Å². The van der Waals surface area contributed by atoms with E-state index >= 15 is 0 Å². The zero-order valence-corrected chi connectivity index (χ0v) is 16.5. The van der Waals surface area contributed by atoms with E-state index in [9.17, 15) is 4.79 Å². The van der Waals surface area contributed by atoms with Gasteiger partial charge in [0.2, 0.25) is 5.91 Å². The Kier molecular flexibility index (Phi) is 7.06. The Bertz CT molecular complexity index is 721. The van der Waals surface area contributed by atoms with Gasteiger partial charge in [-0.2, -0.15) is 5.10 Å². The molecule has 3 nitrogen and oxygen atoms in total. The molecule has 5 heteroatoms. The monoisotopic (exact) mass is 404 g/mol. The normalized spacial score (nSPS) is 11.4. The fourth-order valence-corrected chi connectivity index (χ4v) is 3.37. The molecule has 0 spiro atoms. The summed E-state index contributed by atoms with van der Waals surface area (Å²) in [7, 11) is 0. The van der Waals surface area contributed by atoms with Crippen molar-refractivity contribution >= 4 is 39.3 Å². The first kappa shape index (κ1) is 18.7. The standard InChI is InChI=1S/C19H21BrN2OS/c1-13-8-14(2)10-16(9-13)11-24-12-19(23)22-21-15(3)17-4-6-18(20)7-5-17/h4-10H,11-12H2,1-3H3,(H,22,23)/b21-15+. The number of nitrogens with zero attached hydrogens (tertiary/aromatic N) is 1. The second-order valence-corrected chi connectivity index (χ2v) is 7.63. The number of hydrazone groups is 1. The van der Waals surface area contributed by atoms with Crippen molar-refractivity contribution in [1.29, 1.82) is 0 Å². The van der Waals surface area contributed by atoms with E-state index in [1.807, 2.05) is 31.2 Å². The van der Waals surface area contributed by atoms with E-state index in [0.717, 1.165) is 21.5 Å². The van der Waals surface area contributed by atoms with Gasteiger partial charge in [0, 0.05) is 10.2 Å². The molecule has 0 aliphatic rings. The Morgan fingerprint density at radius 1 is 1.12 bits per heavy atom. The molecule has 0 fully saturated rings. The molecule has 24 heavy (non-hydrogen) atoms. The number of thioether (sulfide) groups is 1. The number of halogens is 1. The molecule has 0 aliphatic carbocycles. The lowest BCUT2D eigenvalue weighted by Gasteiger charge is -2.05. The average Bonchev–Trinajstić information content (AvgIpc) is 2.52. The molecule has 0 aliphatic heterocycles. The number of carbonyl (C=O) groups is 1. The molecule has 0 radical (unpaired) electrons. The van der Waals surface area contributed by atoms with Crippen LogP contribution in [-0.4, -0.2) is 17.4 Å². The SMILES string of the molecule is C/C(=N\NC(=O)CSCc1cc(C)cc(C)c1)c1ccc(Br)cc1. The molecular weight excluding hydrogens is 384 g/mol. The lowest BCUT2D eigenvalue weighted by atomic mass is 10.1. The molecule has 0 saturated heterocycles. The van der Waals surface area contributed by atoms with Crippen molar-refractivity contribution in [3.63, 3.8) is 0 Å². The minimum Gasteiger partial charge on any atom is -0.272 e. The van der Waals surface area contributed by atoms with Gasteiger partial charge in [-0.05, 0) is 44.0 Å². The van der Waals surface area contributed by atoms with Crippen molar-refractivity contribution in [3.8, 4) is 0 Å². The lowest BCUT2D eigenvalue weighted by Crippen LogP contribution is -2.21. The van der Waals surface area contributed by atoms with Crippen molar-refractivity contribution in [1.82, 2.24) is 5.43 Å². The number of amides is 1. The summed E-state index contributed by atoms with van der Waals surface area (Å²) >= 11 is 4.99. The van der Waals surface area contributed by atoms with Crippen LogP contribution < -0.4 is 5.43 Å². The fraction of sp³-hybridized carbons (Fsp3) is 0.263. The second kappa shape index (κ2) is 9.04. The van der Waals surface area contributed by atoms with Gasteiger partial charge in [0.05, 0.1) is 11.5 Å². The van der Waals surface area contributed by atoms with Gasteiger partial charge >= 0.3 is 0 Å². The van der Waals surface area contributed by atoms with Gasteiger partial charge in [-0.3, -0.25) is 4.79 Å². The van der Waals surface area contributed by atoms with Gasteiger partial charge in [-0.15, -0.1) is 11.8 Å². The predicted molar refractivity (Wildman–Crippen MR) is 107 cm³/mol. The molecule has 2 rings (SSSR count). The van der Waals surface area contributed by atoms with Gasteiger partial charge in [0.25, 0.3) is 0 Å². The average molecular weight is 405 g/mol. The van der Waals surface area contributed by atoms with E-state index in [-0.39, 0.29) is 5.91 Å². The Hall–Kier alpha value is -1.59. The van der Waals surface area contributed by atoms with E-state index < -0.39 is 0 Å². The third kappa shape index (κ3) is 6.13. The highest BCUT2D eigenvalue weighted by molar-refractivity contribution is 9.10. The third-order valence-corrected chi connectivity index (χ3v) is 4.93. The van der Waals surface area contributed by atoms with Gasteiger partial charge < -0.3 is 0 Å². The number of rotatable bonds is 6. The molecular formula is C19H21BrN2OS. The Labute approximate surface area is 156 Å². The van der Waals surface area contributed by atoms with Crippen LogP contribution in [0.2, 0.25) is 0 Å². The van der Waals surface area contributed by atoms with Crippen molar-refractivity contribution in [3.05, 3.63) is 69.2 Å². The van der Waals surface area contributed by atoms with Crippen LogP contribution in [0.15, 0.2) is 52.0 Å². The van der Waals surface area contributed by atoms with Gasteiger partial charge in [0.15, 0.2) is 0 Å². The number of hydrogen-bond acceptors (Lipinski definition) is 3. The van der Waals surface area contributed by atoms with Crippen LogP contribution in [0.25, 0.3) is 0 Å². The van der Waals surface area contributed by atoms with Crippen molar-refractivity contribution in [2.45, 2.75) is 26.5 Å². The highest BCUT2D eigenvalue weighted by Gasteiger charge is 2.03. The van der Waals surface area contributed by atoms with Crippen LogP contribution >= 0.6 is 27.7 Å². The van der Waals surface area contributed by atoms with Crippen LogP contribution in [0.4, 0.5) is 0 Å². The molecule has 0 aromatic heterocycles. The smallest absolute Gasteiger partial charge is 0.250 e. The molecule has 0 bridgehead atoms. The highest BCUT2D eigenvalue weighted by Crippen LogP contribution is 2.15. The first-order chi connectivity index (χ1) is 11.4. The first-order valence-corrected chi connectivity index (χ1v) is 9.63. The molecule has 0 atom stereocenters. The van der Waals surface area contributed by atoms with Crippen molar-refractivity contribution in [2.24, 2.45) is 5.10 Å². The van der Waals surface area contributed by atoms with E-state index in [0.29, 0.717) is 5.75 Å². The van der Waals surface area contributed by atoms with Crippen LogP contribution in [0.3, 0.4) is 0 Å². The topological polar surface area (TPSA) is 41.5 Å². The van der Waals surface area contributed by atoms with E-state index in [2.05, 4.69) is 58.5 Å². The summed E-state index contributed by atoms with van der Waals surface area (Å²) in [6, 6.07) is 14.3. The van der Waals surface area contributed by atoms with Crippen LogP contribution in [-0.2, 0) is 10.5 Å². The molecule has 126 valence electrons. The molecule has 1 amide bonds. The molecule has 0 unspecified atom stereocenters. The fourth-order valence-electron chi connectivity index (χ4n) is 2.35. The summed E-state index contributed by atoms with van der Waals surface area (Å²) in [5.41, 5.74) is 8.15. The zero-order chi connectivity index (χ0) is 17.5. The lowest BCUT2D eigenvalue weighted by molar-refractivity contribution is -0.118. The highest BCUT2D eigenvalue weighted by atomic mass is 79.9. The molecule has 1 N–H and O–H groups in total. The van der Waals surface area contributed by atoms with Crippen LogP contribution in [0, 0.1) is 13.8 Å². The summed E-state index contributed by atoms with van der Waals surface area (Å²) < 4.78 is 1.02. The van der Waals surface area contributed by atoms with Gasteiger partial charge in [-0.1, -0.05) is 57.4 Å². The van der Waals surface area contributed by atoms with Crippen molar-refractivity contribution < 1.29 is 4.79 Å². The number of aryl methyl sites for hydroxylation is 2. The summed E-state index contributed by atoms with van der Waals surface area (Å²) in [6.07, 6.45) is 0. The number of hydrogen-bond donors (Lipinski definition) is 1. The third-order valence-electron chi connectivity index (χ3n) is 3.39.